The first-order chi connectivity index (χ1) is 12.7. The van der Waals surface area contributed by atoms with E-state index in [0.29, 0.717) is 0 Å². The molecule has 1 unspecified atom stereocenters. The van der Waals surface area contributed by atoms with Crippen molar-refractivity contribution in [2.45, 2.75) is 45.7 Å². The van der Waals surface area contributed by atoms with Crippen LogP contribution in [0.15, 0.2) is 48.5 Å². The Balaban J connectivity index is 1.55. The molecule has 0 bridgehead atoms. The lowest BCUT2D eigenvalue weighted by Crippen LogP contribution is -2.40. The molecule has 4 nitrogen and oxygen atoms in total. The Morgan fingerprint density at radius 1 is 1.04 bits per heavy atom. The second-order valence-corrected chi connectivity index (χ2v) is 6.96. The monoisotopic (exact) mass is 351 g/mol. The van der Waals surface area contributed by atoms with Gasteiger partial charge in [0.2, 0.25) is 0 Å². The van der Waals surface area contributed by atoms with E-state index in [1.54, 1.807) is 0 Å². The molecule has 0 aliphatic carbocycles. The minimum atomic E-state index is -0.0906. The second-order valence-electron chi connectivity index (χ2n) is 6.96. The third kappa shape index (κ3) is 4.64. The van der Waals surface area contributed by atoms with Gasteiger partial charge in [-0.25, -0.2) is 4.79 Å². The van der Waals surface area contributed by atoms with Crippen LogP contribution in [0.2, 0.25) is 0 Å². The van der Waals surface area contributed by atoms with Gasteiger partial charge < -0.3 is 10.6 Å². The van der Waals surface area contributed by atoms with Crippen LogP contribution in [0.3, 0.4) is 0 Å². The Bertz CT molecular complexity index is 707. The number of carbonyl (C=O) groups excluding carboxylic acids is 1. The second kappa shape index (κ2) is 8.86. The van der Waals surface area contributed by atoms with Crippen LogP contribution < -0.4 is 10.6 Å². The van der Waals surface area contributed by atoms with Crippen molar-refractivity contribution in [3.63, 3.8) is 0 Å². The van der Waals surface area contributed by atoms with Crippen molar-refractivity contribution >= 4 is 11.7 Å². The molecule has 1 heterocycles. The number of para-hydroxylation sites is 1. The molecule has 2 N–H and O–H groups in total. The molecule has 3 rings (SSSR count). The molecule has 1 fully saturated rings. The highest BCUT2D eigenvalue weighted by Gasteiger charge is 2.24. The summed E-state index contributed by atoms with van der Waals surface area (Å²) in [6.07, 6.45) is 2.83. The van der Waals surface area contributed by atoms with E-state index in [1.807, 2.05) is 6.07 Å². The van der Waals surface area contributed by atoms with Crippen molar-refractivity contribution < 1.29 is 4.79 Å². The summed E-state index contributed by atoms with van der Waals surface area (Å²) >= 11 is 0. The van der Waals surface area contributed by atoms with Crippen LogP contribution in [0.4, 0.5) is 10.5 Å². The third-order valence-electron chi connectivity index (χ3n) is 5.09. The quantitative estimate of drug-likeness (QED) is 0.819. The lowest BCUT2D eigenvalue weighted by atomic mass is 10.0. The number of nitrogens with one attached hydrogen (secondary N) is 2. The molecule has 1 aliphatic heterocycles. The Morgan fingerprint density at radius 3 is 2.38 bits per heavy atom. The lowest BCUT2D eigenvalue weighted by molar-refractivity contribution is 0.247. The van der Waals surface area contributed by atoms with Crippen molar-refractivity contribution in [2.75, 3.05) is 18.4 Å². The molecule has 0 radical (unpaired) electrons. The molecule has 0 spiro atoms. The van der Waals surface area contributed by atoms with E-state index >= 15 is 0 Å². The lowest BCUT2D eigenvalue weighted by Gasteiger charge is -2.19. The maximum absolute atomic E-state index is 12.5. The number of rotatable bonds is 6. The van der Waals surface area contributed by atoms with E-state index in [1.165, 1.54) is 16.7 Å². The van der Waals surface area contributed by atoms with Gasteiger partial charge in [-0.3, -0.25) is 4.90 Å². The number of nitrogens with zero attached hydrogens (tertiary/aromatic N) is 1. The van der Waals surface area contributed by atoms with E-state index in [4.69, 9.17) is 0 Å². The van der Waals surface area contributed by atoms with Crippen molar-refractivity contribution in [1.29, 1.82) is 0 Å². The van der Waals surface area contributed by atoms with Crippen LogP contribution in [0.25, 0.3) is 0 Å². The number of amides is 2. The maximum atomic E-state index is 12.5. The minimum Gasteiger partial charge on any atom is -0.334 e. The molecule has 2 aromatic carbocycles. The van der Waals surface area contributed by atoms with Crippen LogP contribution in [-0.2, 0) is 19.4 Å². The molecule has 1 saturated heterocycles. The molecule has 1 aliphatic rings. The molecule has 0 saturated carbocycles. The van der Waals surface area contributed by atoms with E-state index < -0.39 is 0 Å². The van der Waals surface area contributed by atoms with Gasteiger partial charge in [0.05, 0.1) is 0 Å². The molecular weight excluding hydrogens is 322 g/mol. The number of hydrogen-bond donors (Lipinski definition) is 2. The largest absolute Gasteiger partial charge is 0.334 e. The van der Waals surface area contributed by atoms with Crippen LogP contribution >= 0.6 is 0 Å². The fraction of sp³-hybridized carbons (Fsp3) is 0.409. The highest BCUT2D eigenvalue weighted by Crippen LogP contribution is 2.22. The van der Waals surface area contributed by atoms with Gasteiger partial charge >= 0.3 is 6.03 Å². The van der Waals surface area contributed by atoms with Crippen molar-refractivity contribution in [3.05, 3.63) is 65.2 Å². The molecule has 0 aromatic heterocycles. The number of anilines is 1. The summed E-state index contributed by atoms with van der Waals surface area (Å²) in [5, 5.41) is 6.26. The van der Waals surface area contributed by atoms with Gasteiger partial charge in [-0.2, -0.15) is 0 Å². The zero-order valence-corrected chi connectivity index (χ0v) is 15.8. The molecule has 1 atom stereocenters. The summed E-state index contributed by atoms with van der Waals surface area (Å²) in [5.41, 5.74) is 4.68. The molecular formula is C22H29N3O. The highest BCUT2D eigenvalue weighted by molar-refractivity contribution is 5.91. The average Bonchev–Trinajstić information content (AvgIpc) is 3.09. The minimum absolute atomic E-state index is 0.0906. The van der Waals surface area contributed by atoms with Gasteiger partial charge in [-0.1, -0.05) is 62.4 Å². The number of urea groups is 1. The van der Waals surface area contributed by atoms with Gasteiger partial charge in [-0.15, -0.1) is 0 Å². The van der Waals surface area contributed by atoms with Gasteiger partial charge in [0.1, 0.15) is 0 Å². The number of carbonyl (C=O) groups is 1. The van der Waals surface area contributed by atoms with Crippen molar-refractivity contribution in [3.8, 4) is 0 Å². The number of likely N-dealkylation sites (tertiary alicyclic amines) is 1. The predicted octanol–water partition coefficient (Wildman–Crippen LogP) is 4.21. The third-order valence-corrected chi connectivity index (χ3v) is 5.09. The Hall–Kier alpha value is -2.33. The normalized spacial score (nSPS) is 17.2. The SMILES string of the molecule is CCc1cccc(CC)c1NC(=O)NC1CCN(Cc2ccccc2)C1. The fourth-order valence-electron chi connectivity index (χ4n) is 3.67. The Morgan fingerprint density at radius 2 is 1.73 bits per heavy atom. The van der Waals surface area contributed by atoms with Gasteiger partial charge in [0, 0.05) is 31.4 Å². The summed E-state index contributed by atoms with van der Waals surface area (Å²) < 4.78 is 0. The summed E-state index contributed by atoms with van der Waals surface area (Å²) in [5.74, 6) is 0. The molecule has 138 valence electrons. The van der Waals surface area contributed by atoms with Gasteiger partial charge in [0.25, 0.3) is 0 Å². The average molecular weight is 351 g/mol. The first kappa shape index (κ1) is 18.5. The van der Waals surface area contributed by atoms with Crippen LogP contribution in [0, 0.1) is 0 Å². The number of aryl methyl sites for hydroxylation is 2. The van der Waals surface area contributed by atoms with Crippen LogP contribution in [-0.4, -0.2) is 30.1 Å². The van der Waals surface area contributed by atoms with Gasteiger partial charge in [0.15, 0.2) is 0 Å². The fourth-order valence-corrected chi connectivity index (χ4v) is 3.67. The van der Waals surface area contributed by atoms with E-state index in [9.17, 15) is 4.79 Å². The summed E-state index contributed by atoms with van der Waals surface area (Å²) in [7, 11) is 0. The first-order valence-electron chi connectivity index (χ1n) is 9.64. The number of hydrogen-bond acceptors (Lipinski definition) is 2. The topological polar surface area (TPSA) is 44.4 Å². The van der Waals surface area contributed by atoms with Crippen LogP contribution in [0.5, 0.6) is 0 Å². The zero-order valence-electron chi connectivity index (χ0n) is 15.8. The summed E-state index contributed by atoms with van der Waals surface area (Å²) in [6.45, 7) is 7.11. The molecule has 4 heteroatoms. The predicted molar refractivity (Wildman–Crippen MR) is 107 cm³/mol. The van der Waals surface area contributed by atoms with Crippen LogP contribution in [0.1, 0.15) is 37.0 Å². The Kier molecular flexibility index (Phi) is 6.29. The Labute approximate surface area is 156 Å². The standard InChI is InChI=1S/C22H29N3O/c1-3-18-11-8-12-19(4-2)21(18)24-22(26)23-20-13-14-25(16-20)15-17-9-6-5-7-10-17/h5-12,20H,3-4,13-16H2,1-2H3,(H2,23,24,26). The molecule has 2 aromatic rings. The smallest absolute Gasteiger partial charge is 0.319 e. The molecule has 26 heavy (non-hydrogen) atoms. The number of benzene rings is 2. The van der Waals surface area contributed by atoms with Crippen molar-refractivity contribution in [2.24, 2.45) is 0 Å². The summed E-state index contributed by atoms with van der Waals surface area (Å²) in [4.78, 5) is 14.9. The van der Waals surface area contributed by atoms with Crippen molar-refractivity contribution in [1.82, 2.24) is 10.2 Å². The molecule has 2 amide bonds. The zero-order chi connectivity index (χ0) is 18.4. The first-order valence-corrected chi connectivity index (χ1v) is 9.64. The van der Waals surface area contributed by atoms with Gasteiger partial charge in [-0.05, 0) is 36.0 Å². The van der Waals surface area contributed by atoms with E-state index in [0.717, 1.165) is 44.6 Å². The maximum Gasteiger partial charge on any atom is 0.319 e. The van der Waals surface area contributed by atoms with E-state index in [2.05, 4.69) is 71.8 Å². The summed E-state index contributed by atoms with van der Waals surface area (Å²) in [6, 6.07) is 16.9. The highest BCUT2D eigenvalue weighted by atomic mass is 16.2. The van der Waals surface area contributed by atoms with E-state index in [-0.39, 0.29) is 12.1 Å².